The van der Waals surface area contributed by atoms with Gasteiger partial charge in [0.05, 0.1) is 16.7 Å². The van der Waals surface area contributed by atoms with Crippen LogP contribution in [0.25, 0.3) is 10.9 Å². The van der Waals surface area contributed by atoms with Crippen LogP contribution in [0.4, 0.5) is 0 Å². The second-order valence-electron chi connectivity index (χ2n) is 6.60. The van der Waals surface area contributed by atoms with Gasteiger partial charge in [0.15, 0.2) is 10.9 Å². The fourth-order valence-electron chi connectivity index (χ4n) is 2.82. The van der Waals surface area contributed by atoms with Crippen molar-refractivity contribution in [3.8, 4) is 0 Å². The molecule has 27 heavy (non-hydrogen) atoms. The van der Waals surface area contributed by atoms with E-state index in [1.165, 1.54) is 17.3 Å². The summed E-state index contributed by atoms with van der Waals surface area (Å²) in [6.07, 6.45) is 1.66. The van der Waals surface area contributed by atoms with Gasteiger partial charge in [-0.25, -0.2) is 4.98 Å². The van der Waals surface area contributed by atoms with Gasteiger partial charge in [-0.15, -0.1) is 6.58 Å². The average Bonchev–Trinajstić information content (AvgIpc) is 2.68. The first-order chi connectivity index (χ1) is 13.0. The van der Waals surface area contributed by atoms with Crippen LogP contribution < -0.4 is 5.56 Å². The lowest BCUT2D eigenvalue weighted by molar-refractivity contribution is 0.102. The molecule has 0 aliphatic carbocycles. The highest BCUT2D eigenvalue weighted by molar-refractivity contribution is 7.99. The molecule has 0 N–H and O–H groups in total. The van der Waals surface area contributed by atoms with Gasteiger partial charge in [0.25, 0.3) is 5.56 Å². The summed E-state index contributed by atoms with van der Waals surface area (Å²) < 4.78 is 1.56. The third kappa shape index (κ3) is 4.19. The molecule has 0 bridgehead atoms. The number of rotatable bonds is 7. The number of aromatic nitrogens is 2. The Morgan fingerprint density at radius 2 is 1.89 bits per heavy atom. The summed E-state index contributed by atoms with van der Waals surface area (Å²) in [6.45, 7) is 8.32. The van der Waals surface area contributed by atoms with E-state index in [1.807, 2.05) is 42.5 Å². The van der Waals surface area contributed by atoms with Crippen molar-refractivity contribution in [2.75, 3.05) is 5.75 Å². The van der Waals surface area contributed by atoms with E-state index in [-0.39, 0.29) is 17.1 Å². The fraction of sp³-hybridized carbons (Fsp3) is 0.227. The SMILES string of the molecule is C=CCn1c(SCC(=O)c2ccc(C(C)C)cc2)nc2ccccc2c1=O. The highest BCUT2D eigenvalue weighted by Crippen LogP contribution is 2.20. The first kappa shape index (κ1) is 19.1. The Morgan fingerprint density at radius 1 is 1.19 bits per heavy atom. The molecule has 138 valence electrons. The van der Waals surface area contributed by atoms with Crippen LogP contribution in [0.2, 0.25) is 0 Å². The van der Waals surface area contributed by atoms with Crippen molar-refractivity contribution in [2.24, 2.45) is 0 Å². The molecular formula is C22H22N2O2S. The lowest BCUT2D eigenvalue weighted by Crippen LogP contribution is -2.23. The number of ketones is 1. The standard InChI is InChI=1S/C22H22N2O2S/c1-4-13-24-21(26)18-7-5-6-8-19(18)23-22(24)27-14-20(25)17-11-9-16(10-12-17)15(2)3/h4-12,15H,1,13-14H2,2-3H3. The van der Waals surface area contributed by atoms with Crippen LogP contribution in [-0.4, -0.2) is 21.1 Å². The smallest absolute Gasteiger partial charge is 0.262 e. The predicted molar refractivity (Wildman–Crippen MR) is 112 cm³/mol. The summed E-state index contributed by atoms with van der Waals surface area (Å²) in [6, 6.07) is 15.0. The summed E-state index contributed by atoms with van der Waals surface area (Å²) in [4.78, 5) is 29.9. The van der Waals surface area contributed by atoms with Crippen molar-refractivity contribution in [1.29, 1.82) is 0 Å². The summed E-state index contributed by atoms with van der Waals surface area (Å²) in [7, 11) is 0. The van der Waals surface area contributed by atoms with Crippen molar-refractivity contribution in [3.63, 3.8) is 0 Å². The van der Waals surface area contributed by atoms with E-state index in [0.717, 1.165) is 0 Å². The minimum absolute atomic E-state index is 0.0165. The molecule has 0 amide bonds. The van der Waals surface area contributed by atoms with E-state index < -0.39 is 0 Å². The van der Waals surface area contributed by atoms with Gasteiger partial charge in [-0.05, 0) is 23.6 Å². The number of benzene rings is 2. The minimum Gasteiger partial charge on any atom is -0.293 e. The number of nitrogens with zero attached hydrogens (tertiary/aromatic N) is 2. The van der Waals surface area contributed by atoms with Gasteiger partial charge in [0, 0.05) is 12.1 Å². The number of carbonyl (C=O) groups excluding carboxylic acids is 1. The summed E-state index contributed by atoms with van der Waals surface area (Å²) in [5.41, 5.74) is 2.40. The maximum atomic E-state index is 12.7. The van der Waals surface area contributed by atoms with E-state index in [1.54, 1.807) is 16.7 Å². The molecule has 0 saturated carbocycles. The maximum absolute atomic E-state index is 12.7. The first-order valence-electron chi connectivity index (χ1n) is 8.87. The van der Waals surface area contributed by atoms with Crippen molar-refractivity contribution in [3.05, 3.63) is 82.7 Å². The topological polar surface area (TPSA) is 52.0 Å². The minimum atomic E-state index is -0.114. The number of para-hydroxylation sites is 1. The third-order valence-corrected chi connectivity index (χ3v) is 5.35. The van der Waals surface area contributed by atoms with Crippen molar-refractivity contribution < 1.29 is 4.79 Å². The molecular weight excluding hydrogens is 356 g/mol. The van der Waals surface area contributed by atoms with Crippen LogP contribution in [0.1, 0.15) is 35.7 Å². The lowest BCUT2D eigenvalue weighted by Gasteiger charge is -2.11. The lowest BCUT2D eigenvalue weighted by atomic mass is 10.0. The van der Waals surface area contributed by atoms with Crippen LogP contribution in [0.15, 0.2) is 71.1 Å². The van der Waals surface area contributed by atoms with Gasteiger partial charge in [-0.2, -0.15) is 0 Å². The molecule has 1 aromatic heterocycles. The van der Waals surface area contributed by atoms with Gasteiger partial charge in [-0.3, -0.25) is 14.2 Å². The zero-order valence-electron chi connectivity index (χ0n) is 15.5. The second kappa shape index (κ2) is 8.35. The zero-order valence-corrected chi connectivity index (χ0v) is 16.3. The number of thioether (sulfide) groups is 1. The molecule has 2 aromatic carbocycles. The Balaban J connectivity index is 1.85. The summed E-state index contributed by atoms with van der Waals surface area (Å²) >= 11 is 1.28. The summed E-state index contributed by atoms with van der Waals surface area (Å²) in [5.74, 6) is 0.671. The van der Waals surface area contributed by atoms with E-state index in [0.29, 0.717) is 34.1 Å². The van der Waals surface area contributed by atoms with Crippen molar-refractivity contribution in [2.45, 2.75) is 31.5 Å². The second-order valence-corrected chi connectivity index (χ2v) is 7.55. The Hall–Kier alpha value is -2.66. The molecule has 0 unspecified atom stereocenters. The molecule has 0 radical (unpaired) electrons. The number of hydrogen-bond acceptors (Lipinski definition) is 4. The normalized spacial score (nSPS) is 11.1. The van der Waals surface area contributed by atoms with E-state index in [4.69, 9.17) is 0 Å². The molecule has 5 heteroatoms. The zero-order chi connectivity index (χ0) is 19.4. The monoisotopic (exact) mass is 378 g/mol. The quantitative estimate of drug-likeness (QED) is 0.259. The Morgan fingerprint density at radius 3 is 2.56 bits per heavy atom. The third-order valence-electron chi connectivity index (χ3n) is 4.37. The van der Waals surface area contributed by atoms with Gasteiger partial charge >= 0.3 is 0 Å². The number of fused-ring (bicyclic) bond motifs is 1. The molecule has 0 saturated heterocycles. The highest BCUT2D eigenvalue weighted by atomic mass is 32.2. The molecule has 3 rings (SSSR count). The van der Waals surface area contributed by atoms with Gasteiger partial charge in [0.2, 0.25) is 0 Å². The van der Waals surface area contributed by atoms with Crippen LogP contribution in [0.3, 0.4) is 0 Å². The number of Topliss-reactive ketones (excluding diaryl/α,β-unsaturated/α-hetero) is 1. The van der Waals surface area contributed by atoms with Crippen LogP contribution in [0, 0.1) is 0 Å². The molecule has 1 heterocycles. The molecule has 0 atom stereocenters. The molecule has 0 aliphatic heterocycles. The van der Waals surface area contributed by atoms with E-state index >= 15 is 0 Å². The maximum Gasteiger partial charge on any atom is 0.262 e. The first-order valence-corrected chi connectivity index (χ1v) is 9.86. The predicted octanol–water partition coefficient (Wildman–Crippen LogP) is 4.68. The molecule has 0 fully saturated rings. The molecule has 3 aromatic rings. The summed E-state index contributed by atoms with van der Waals surface area (Å²) in [5, 5.41) is 1.10. The van der Waals surface area contributed by atoms with Gasteiger partial charge in [0.1, 0.15) is 0 Å². The molecule has 4 nitrogen and oxygen atoms in total. The number of hydrogen-bond donors (Lipinski definition) is 0. The Kier molecular flexibility index (Phi) is 5.91. The molecule has 0 spiro atoms. The van der Waals surface area contributed by atoms with Crippen LogP contribution in [0.5, 0.6) is 0 Å². The highest BCUT2D eigenvalue weighted by Gasteiger charge is 2.13. The van der Waals surface area contributed by atoms with E-state index in [9.17, 15) is 9.59 Å². The Bertz CT molecular complexity index is 1040. The van der Waals surface area contributed by atoms with Crippen molar-refractivity contribution in [1.82, 2.24) is 9.55 Å². The Labute approximate surface area is 162 Å². The fourth-order valence-corrected chi connectivity index (χ4v) is 3.72. The average molecular weight is 378 g/mol. The van der Waals surface area contributed by atoms with Gasteiger partial charge < -0.3 is 0 Å². The van der Waals surface area contributed by atoms with Gasteiger partial charge in [-0.1, -0.05) is 68.1 Å². The number of allylic oxidation sites excluding steroid dienone is 1. The van der Waals surface area contributed by atoms with Crippen LogP contribution in [-0.2, 0) is 6.54 Å². The largest absolute Gasteiger partial charge is 0.293 e. The molecule has 0 aliphatic rings. The van der Waals surface area contributed by atoms with Crippen LogP contribution >= 0.6 is 11.8 Å². The van der Waals surface area contributed by atoms with Crippen molar-refractivity contribution >= 4 is 28.4 Å². The van der Waals surface area contributed by atoms with E-state index in [2.05, 4.69) is 25.4 Å². The number of carbonyl (C=O) groups is 1.